The minimum atomic E-state index is -0.990. The van der Waals surface area contributed by atoms with Crippen molar-refractivity contribution in [3.05, 3.63) is 64.4 Å². The Bertz CT molecular complexity index is 873. The van der Waals surface area contributed by atoms with Crippen molar-refractivity contribution in [2.24, 2.45) is 5.73 Å². The maximum atomic E-state index is 14.0. The third-order valence-corrected chi connectivity index (χ3v) is 4.06. The highest BCUT2D eigenvalue weighted by molar-refractivity contribution is 6.31. The van der Waals surface area contributed by atoms with E-state index in [1.165, 1.54) is 49.6 Å². The summed E-state index contributed by atoms with van der Waals surface area (Å²) in [6, 6.07) is 8.76. The van der Waals surface area contributed by atoms with Gasteiger partial charge in [0.05, 0.1) is 24.4 Å². The number of amides is 1. The minimum Gasteiger partial charge on any atom is -0.469 e. The molecule has 6 nitrogen and oxygen atoms in total. The number of halogens is 2. The summed E-state index contributed by atoms with van der Waals surface area (Å²) in [6.07, 6.45) is 0.0510. The minimum absolute atomic E-state index is 0.0211. The Kier molecular flexibility index (Phi) is 7.04. The summed E-state index contributed by atoms with van der Waals surface area (Å²) in [5.41, 5.74) is 5.79. The predicted molar refractivity (Wildman–Crippen MR) is 99.1 cm³/mol. The number of nitrogens with one attached hydrogen (secondary N) is 1. The number of ether oxygens (including phenoxy) is 1. The molecule has 0 radical (unpaired) electrons. The molecule has 0 aromatic heterocycles. The van der Waals surface area contributed by atoms with Crippen LogP contribution in [0.25, 0.3) is 0 Å². The zero-order valence-electron chi connectivity index (χ0n) is 14.5. The first kappa shape index (κ1) is 20.5. The van der Waals surface area contributed by atoms with E-state index in [4.69, 9.17) is 17.3 Å². The Balaban J connectivity index is 2.23. The van der Waals surface area contributed by atoms with E-state index in [-0.39, 0.29) is 34.7 Å². The summed E-state index contributed by atoms with van der Waals surface area (Å²) in [5, 5.41) is 2.78. The lowest BCUT2D eigenvalue weighted by Crippen LogP contribution is -2.36. The van der Waals surface area contributed by atoms with Gasteiger partial charge in [0.2, 0.25) is 5.91 Å². The number of carbonyl (C=O) groups is 3. The van der Waals surface area contributed by atoms with Gasteiger partial charge in [0.25, 0.3) is 0 Å². The molecule has 8 heteroatoms. The molecule has 0 fully saturated rings. The molecule has 2 aromatic carbocycles. The fraction of sp³-hybridized carbons (Fsp3) is 0.211. The van der Waals surface area contributed by atoms with Gasteiger partial charge in [0.15, 0.2) is 5.78 Å². The number of anilines is 1. The van der Waals surface area contributed by atoms with Gasteiger partial charge in [-0.15, -0.1) is 0 Å². The lowest BCUT2D eigenvalue weighted by atomic mass is 10.0. The van der Waals surface area contributed by atoms with Crippen LogP contribution in [0.3, 0.4) is 0 Å². The standard InChI is InChI=1S/C19H18ClFN2O4/c1-27-17(24)9-7-15(22)19(26)23-16-8-6-11(20)10-13(16)18(25)12-4-2-3-5-14(12)21/h2-6,8,10,15H,7,9,22H2,1H3,(H,23,26)/t15-/m0/s1. The second-order valence-electron chi connectivity index (χ2n) is 5.71. The number of hydrogen-bond donors (Lipinski definition) is 2. The van der Waals surface area contributed by atoms with E-state index >= 15 is 0 Å². The fourth-order valence-corrected chi connectivity index (χ4v) is 2.51. The Labute approximate surface area is 160 Å². The number of esters is 1. The van der Waals surface area contributed by atoms with Crippen LogP contribution in [0.1, 0.15) is 28.8 Å². The van der Waals surface area contributed by atoms with E-state index in [1.54, 1.807) is 0 Å². The first-order chi connectivity index (χ1) is 12.8. The van der Waals surface area contributed by atoms with E-state index in [9.17, 15) is 18.8 Å². The molecule has 0 heterocycles. The van der Waals surface area contributed by atoms with Crippen LogP contribution in [0.15, 0.2) is 42.5 Å². The summed E-state index contributed by atoms with van der Waals surface area (Å²) in [5.74, 6) is -2.40. The quantitative estimate of drug-likeness (QED) is 0.557. The van der Waals surface area contributed by atoms with Crippen LogP contribution in [0.5, 0.6) is 0 Å². The Morgan fingerprint density at radius 1 is 1.19 bits per heavy atom. The Morgan fingerprint density at radius 2 is 1.89 bits per heavy atom. The number of hydrogen-bond acceptors (Lipinski definition) is 5. The van der Waals surface area contributed by atoms with E-state index < -0.39 is 29.5 Å². The maximum Gasteiger partial charge on any atom is 0.305 e. The molecule has 0 aliphatic heterocycles. The highest BCUT2D eigenvalue weighted by Gasteiger charge is 2.21. The van der Waals surface area contributed by atoms with Crippen molar-refractivity contribution < 1.29 is 23.5 Å². The van der Waals surface area contributed by atoms with Gasteiger partial charge < -0.3 is 15.8 Å². The lowest BCUT2D eigenvalue weighted by Gasteiger charge is -2.15. The van der Waals surface area contributed by atoms with Gasteiger partial charge in [0, 0.05) is 17.0 Å². The molecule has 0 aliphatic rings. The van der Waals surface area contributed by atoms with Crippen molar-refractivity contribution >= 4 is 34.9 Å². The predicted octanol–water partition coefficient (Wildman–Crippen LogP) is 2.93. The first-order valence-electron chi connectivity index (χ1n) is 8.05. The molecule has 27 heavy (non-hydrogen) atoms. The average molecular weight is 393 g/mol. The molecule has 0 saturated carbocycles. The molecule has 0 aliphatic carbocycles. The lowest BCUT2D eigenvalue weighted by molar-refractivity contribution is -0.140. The summed E-state index contributed by atoms with van der Waals surface area (Å²) in [7, 11) is 1.24. The molecule has 0 spiro atoms. The van der Waals surface area contributed by atoms with E-state index in [0.717, 1.165) is 0 Å². The molecule has 1 atom stereocenters. The van der Waals surface area contributed by atoms with Gasteiger partial charge in [-0.05, 0) is 36.8 Å². The molecule has 1 amide bonds. The largest absolute Gasteiger partial charge is 0.469 e. The highest BCUT2D eigenvalue weighted by atomic mass is 35.5. The Morgan fingerprint density at radius 3 is 2.56 bits per heavy atom. The highest BCUT2D eigenvalue weighted by Crippen LogP contribution is 2.25. The molecule has 0 unspecified atom stereocenters. The van der Waals surface area contributed by atoms with Crippen LogP contribution in [0, 0.1) is 5.82 Å². The van der Waals surface area contributed by atoms with Crippen LogP contribution < -0.4 is 11.1 Å². The zero-order chi connectivity index (χ0) is 20.0. The normalized spacial score (nSPS) is 11.6. The SMILES string of the molecule is COC(=O)CC[C@H](N)C(=O)Nc1ccc(Cl)cc1C(=O)c1ccccc1F. The number of rotatable bonds is 7. The van der Waals surface area contributed by atoms with Crippen molar-refractivity contribution in [1.29, 1.82) is 0 Å². The summed E-state index contributed by atoms with van der Waals surface area (Å²) in [4.78, 5) is 36.1. The van der Waals surface area contributed by atoms with Gasteiger partial charge >= 0.3 is 5.97 Å². The van der Waals surface area contributed by atoms with Crippen LogP contribution in [0.2, 0.25) is 5.02 Å². The van der Waals surface area contributed by atoms with Crippen LogP contribution >= 0.6 is 11.6 Å². The van der Waals surface area contributed by atoms with Crippen molar-refractivity contribution in [3.63, 3.8) is 0 Å². The number of methoxy groups -OCH3 is 1. The molecule has 3 N–H and O–H groups in total. The molecule has 0 saturated heterocycles. The topological polar surface area (TPSA) is 98.5 Å². The van der Waals surface area contributed by atoms with Gasteiger partial charge in [-0.25, -0.2) is 4.39 Å². The third kappa shape index (κ3) is 5.35. The first-order valence-corrected chi connectivity index (χ1v) is 8.43. The van der Waals surface area contributed by atoms with Crippen molar-refractivity contribution in [1.82, 2.24) is 0 Å². The van der Waals surface area contributed by atoms with Crippen LogP contribution in [-0.4, -0.2) is 30.8 Å². The zero-order valence-corrected chi connectivity index (χ0v) is 15.3. The number of nitrogens with two attached hydrogens (primary N) is 1. The van der Waals surface area contributed by atoms with Gasteiger partial charge in [-0.3, -0.25) is 14.4 Å². The summed E-state index contributed by atoms with van der Waals surface area (Å²) in [6.45, 7) is 0. The van der Waals surface area contributed by atoms with Gasteiger partial charge in [-0.1, -0.05) is 23.7 Å². The molecule has 0 bridgehead atoms. The summed E-state index contributed by atoms with van der Waals surface area (Å²) < 4.78 is 18.5. The van der Waals surface area contributed by atoms with Gasteiger partial charge in [0.1, 0.15) is 5.82 Å². The third-order valence-electron chi connectivity index (χ3n) is 3.83. The van der Waals surface area contributed by atoms with E-state index in [2.05, 4.69) is 10.1 Å². The van der Waals surface area contributed by atoms with Crippen LogP contribution in [0.4, 0.5) is 10.1 Å². The van der Waals surface area contributed by atoms with Crippen molar-refractivity contribution in [2.45, 2.75) is 18.9 Å². The monoisotopic (exact) mass is 392 g/mol. The van der Waals surface area contributed by atoms with Crippen LogP contribution in [-0.2, 0) is 14.3 Å². The van der Waals surface area contributed by atoms with Crippen molar-refractivity contribution in [2.75, 3.05) is 12.4 Å². The number of benzene rings is 2. The number of ketones is 1. The molecular formula is C19H18ClFN2O4. The van der Waals surface area contributed by atoms with E-state index in [1.807, 2.05) is 0 Å². The summed E-state index contributed by atoms with van der Waals surface area (Å²) >= 11 is 5.95. The molecular weight excluding hydrogens is 375 g/mol. The van der Waals surface area contributed by atoms with E-state index in [0.29, 0.717) is 0 Å². The second-order valence-corrected chi connectivity index (χ2v) is 6.15. The molecule has 2 rings (SSSR count). The van der Waals surface area contributed by atoms with Gasteiger partial charge in [-0.2, -0.15) is 0 Å². The Hall–Kier alpha value is -2.77. The number of carbonyl (C=O) groups excluding carboxylic acids is 3. The average Bonchev–Trinajstić information content (AvgIpc) is 2.66. The molecule has 142 valence electrons. The van der Waals surface area contributed by atoms with Crippen molar-refractivity contribution in [3.8, 4) is 0 Å². The fourth-order valence-electron chi connectivity index (χ4n) is 2.34. The second kappa shape index (κ2) is 9.25. The smallest absolute Gasteiger partial charge is 0.305 e. The maximum absolute atomic E-state index is 14.0. The molecule has 2 aromatic rings.